The molecule has 0 N–H and O–H groups in total. The zero-order valence-electron chi connectivity index (χ0n) is 13.5. The summed E-state index contributed by atoms with van der Waals surface area (Å²) in [7, 11) is 0. The van der Waals surface area contributed by atoms with Crippen molar-refractivity contribution < 1.29 is 9.53 Å². The molecule has 3 heteroatoms. The molecule has 0 spiro atoms. The Morgan fingerprint density at radius 1 is 1.05 bits per heavy atom. The molecule has 22 heavy (non-hydrogen) atoms. The van der Waals surface area contributed by atoms with Gasteiger partial charge in [0.25, 0.3) is 5.91 Å². The summed E-state index contributed by atoms with van der Waals surface area (Å²) in [5.74, 6) is 0.769. The van der Waals surface area contributed by atoms with Crippen LogP contribution >= 0.6 is 0 Å². The first kappa shape index (κ1) is 16.1. The molecule has 0 heterocycles. The maximum Gasteiger partial charge on any atom is 0.253 e. The lowest BCUT2D eigenvalue weighted by Crippen LogP contribution is -2.30. The van der Waals surface area contributed by atoms with Gasteiger partial charge in [0.15, 0.2) is 0 Å². The molecule has 2 rings (SSSR count). The highest BCUT2D eigenvalue weighted by atomic mass is 16.5. The zero-order chi connectivity index (χ0) is 15.9. The second kappa shape index (κ2) is 7.64. The van der Waals surface area contributed by atoms with Crippen LogP contribution in [0.2, 0.25) is 0 Å². The third-order valence-corrected chi connectivity index (χ3v) is 3.62. The van der Waals surface area contributed by atoms with E-state index in [1.165, 1.54) is 5.56 Å². The molecule has 0 saturated heterocycles. The normalized spacial score (nSPS) is 10.3. The lowest BCUT2D eigenvalue weighted by molar-refractivity contribution is 0.0772. The van der Waals surface area contributed by atoms with Crippen LogP contribution in [0.5, 0.6) is 5.75 Å². The number of carbonyl (C=O) groups is 1. The van der Waals surface area contributed by atoms with Crippen molar-refractivity contribution in [3.05, 3.63) is 65.2 Å². The molecule has 0 unspecified atom stereocenters. The topological polar surface area (TPSA) is 29.5 Å². The Morgan fingerprint density at radius 2 is 1.77 bits per heavy atom. The van der Waals surface area contributed by atoms with E-state index in [-0.39, 0.29) is 5.91 Å². The summed E-state index contributed by atoms with van der Waals surface area (Å²) >= 11 is 0. The second-order valence-corrected chi connectivity index (χ2v) is 5.28. The van der Waals surface area contributed by atoms with Gasteiger partial charge in [-0.05, 0) is 44.5 Å². The van der Waals surface area contributed by atoms with Crippen molar-refractivity contribution in [2.75, 3.05) is 13.1 Å². The number of hydrogen-bond acceptors (Lipinski definition) is 2. The maximum absolute atomic E-state index is 12.3. The molecule has 0 aliphatic heterocycles. The Kier molecular flexibility index (Phi) is 5.59. The number of aryl methyl sites for hydroxylation is 1. The predicted molar refractivity (Wildman–Crippen MR) is 89.2 cm³/mol. The Bertz CT molecular complexity index is 633. The summed E-state index contributed by atoms with van der Waals surface area (Å²) in [6.07, 6.45) is 0. The number of amides is 1. The largest absolute Gasteiger partial charge is 0.489 e. The number of rotatable bonds is 6. The monoisotopic (exact) mass is 297 g/mol. The minimum atomic E-state index is 0.0472. The van der Waals surface area contributed by atoms with E-state index in [9.17, 15) is 4.79 Å². The molecule has 0 bridgehead atoms. The quantitative estimate of drug-likeness (QED) is 0.805. The first-order valence-electron chi connectivity index (χ1n) is 7.71. The van der Waals surface area contributed by atoms with Crippen LogP contribution < -0.4 is 4.74 Å². The van der Waals surface area contributed by atoms with Gasteiger partial charge in [0.2, 0.25) is 0 Å². The van der Waals surface area contributed by atoms with Crippen LogP contribution in [-0.4, -0.2) is 23.9 Å². The fourth-order valence-corrected chi connectivity index (χ4v) is 2.38. The molecule has 3 nitrogen and oxygen atoms in total. The number of benzene rings is 2. The summed E-state index contributed by atoms with van der Waals surface area (Å²) in [6.45, 7) is 7.96. The van der Waals surface area contributed by atoms with Crippen LogP contribution in [0.3, 0.4) is 0 Å². The summed E-state index contributed by atoms with van der Waals surface area (Å²) < 4.78 is 5.81. The molecule has 0 aromatic heterocycles. The van der Waals surface area contributed by atoms with Gasteiger partial charge in [-0.2, -0.15) is 0 Å². The van der Waals surface area contributed by atoms with E-state index in [4.69, 9.17) is 4.74 Å². The van der Waals surface area contributed by atoms with Crippen LogP contribution in [0.4, 0.5) is 0 Å². The van der Waals surface area contributed by atoms with Crippen LogP contribution in [-0.2, 0) is 6.61 Å². The molecule has 2 aromatic carbocycles. The molecule has 0 saturated carbocycles. The Hall–Kier alpha value is -2.29. The third-order valence-electron chi connectivity index (χ3n) is 3.62. The Labute approximate surface area is 132 Å². The fraction of sp³-hybridized carbons (Fsp3) is 0.316. The number of ether oxygens (including phenoxy) is 1. The van der Waals surface area contributed by atoms with E-state index < -0.39 is 0 Å². The highest BCUT2D eigenvalue weighted by Gasteiger charge is 2.12. The first-order valence-corrected chi connectivity index (χ1v) is 7.71. The van der Waals surface area contributed by atoms with Crippen LogP contribution in [0.1, 0.15) is 35.3 Å². The third kappa shape index (κ3) is 4.10. The van der Waals surface area contributed by atoms with Crippen molar-refractivity contribution in [2.24, 2.45) is 0 Å². The standard InChI is InChI=1S/C19H23NO2/c1-4-20(5-2)19(21)17-10-7-11-18(13-17)22-14-16-9-6-8-15(3)12-16/h6-13H,4-5,14H2,1-3H3. The van der Waals surface area contributed by atoms with Gasteiger partial charge >= 0.3 is 0 Å². The molecule has 1 amide bonds. The van der Waals surface area contributed by atoms with Gasteiger partial charge in [-0.25, -0.2) is 0 Å². The lowest BCUT2D eigenvalue weighted by atomic mass is 10.1. The molecule has 0 aliphatic carbocycles. The first-order chi connectivity index (χ1) is 10.6. The average Bonchev–Trinajstić information content (AvgIpc) is 2.54. The van der Waals surface area contributed by atoms with E-state index in [0.29, 0.717) is 25.3 Å². The van der Waals surface area contributed by atoms with Crippen molar-refractivity contribution in [1.82, 2.24) is 4.90 Å². The highest BCUT2D eigenvalue weighted by molar-refractivity contribution is 5.94. The van der Waals surface area contributed by atoms with Crippen molar-refractivity contribution in [2.45, 2.75) is 27.4 Å². The van der Waals surface area contributed by atoms with E-state index >= 15 is 0 Å². The summed E-state index contributed by atoms with van der Waals surface area (Å²) in [4.78, 5) is 14.2. The zero-order valence-corrected chi connectivity index (χ0v) is 13.5. The molecule has 0 atom stereocenters. The van der Waals surface area contributed by atoms with Gasteiger partial charge in [0, 0.05) is 18.7 Å². The lowest BCUT2D eigenvalue weighted by Gasteiger charge is -2.19. The van der Waals surface area contributed by atoms with Gasteiger partial charge in [-0.1, -0.05) is 35.9 Å². The maximum atomic E-state index is 12.3. The van der Waals surface area contributed by atoms with E-state index in [1.807, 2.05) is 50.2 Å². The Balaban J connectivity index is 2.07. The summed E-state index contributed by atoms with van der Waals surface area (Å²) in [5, 5.41) is 0. The summed E-state index contributed by atoms with van der Waals surface area (Å²) in [5.41, 5.74) is 3.01. The smallest absolute Gasteiger partial charge is 0.253 e. The molecule has 0 fully saturated rings. The number of hydrogen-bond donors (Lipinski definition) is 0. The van der Waals surface area contributed by atoms with Crippen LogP contribution in [0, 0.1) is 6.92 Å². The van der Waals surface area contributed by atoms with Crippen molar-refractivity contribution in [3.63, 3.8) is 0 Å². The van der Waals surface area contributed by atoms with Crippen LogP contribution in [0.25, 0.3) is 0 Å². The van der Waals surface area contributed by atoms with Gasteiger partial charge in [-0.15, -0.1) is 0 Å². The molecule has 116 valence electrons. The summed E-state index contributed by atoms with van der Waals surface area (Å²) in [6, 6.07) is 15.6. The Morgan fingerprint density at radius 3 is 2.45 bits per heavy atom. The van der Waals surface area contributed by atoms with Crippen molar-refractivity contribution in [1.29, 1.82) is 0 Å². The van der Waals surface area contributed by atoms with Gasteiger partial charge in [-0.3, -0.25) is 4.79 Å². The second-order valence-electron chi connectivity index (χ2n) is 5.28. The molecule has 0 aliphatic rings. The SMILES string of the molecule is CCN(CC)C(=O)c1cccc(OCc2cccc(C)c2)c1. The van der Waals surface area contributed by atoms with Crippen molar-refractivity contribution >= 4 is 5.91 Å². The van der Waals surface area contributed by atoms with Gasteiger partial charge in [0.1, 0.15) is 12.4 Å². The highest BCUT2D eigenvalue weighted by Crippen LogP contribution is 2.17. The molecule has 0 radical (unpaired) electrons. The fourth-order valence-electron chi connectivity index (χ4n) is 2.38. The number of carbonyl (C=O) groups excluding carboxylic acids is 1. The van der Waals surface area contributed by atoms with E-state index in [1.54, 1.807) is 4.90 Å². The predicted octanol–water partition coefficient (Wildman–Crippen LogP) is 4.06. The van der Waals surface area contributed by atoms with Gasteiger partial charge < -0.3 is 9.64 Å². The molecule has 2 aromatic rings. The average molecular weight is 297 g/mol. The minimum Gasteiger partial charge on any atom is -0.489 e. The number of nitrogens with zero attached hydrogens (tertiary/aromatic N) is 1. The van der Waals surface area contributed by atoms with E-state index in [0.717, 1.165) is 11.3 Å². The van der Waals surface area contributed by atoms with E-state index in [2.05, 4.69) is 19.1 Å². The minimum absolute atomic E-state index is 0.0472. The van der Waals surface area contributed by atoms with Crippen molar-refractivity contribution in [3.8, 4) is 5.75 Å². The van der Waals surface area contributed by atoms with Gasteiger partial charge in [0.05, 0.1) is 0 Å². The van der Waals surface area contributed by atoms with Crippen LogP contribution in [0.15, 0.2) is 48.5 Å². The molecular weight excluding hydrogens is 274 g/mol. The molecular formula is C19H23NO2.